The van der Waals surface area contributed by atoms with E-state index in [4.69, 9.17) is 5.73 Å². The topological polar surface area (TPSA) is 79.6 Å². The van der Waals surface area contributed by atoms with Gasteiger partial charge in [-0.1, -0.05) is 0 Å². The second-order valence-electron chi connectivity index (χ2n) is 3.00. The van der Waals surface area contributed by atoms with Gasteiger partial charge >= 0.3 is 0 Å². The van der Waals surface area contributed by atoms with Crippen LogP contribution < -0.4 is 11.1 Å². The number of hydrogen-bond donors (Lipinski definition) is 3. The lowest BCUT2D eigenvalue weighted by Crippen LogP contribution is -1.98. The van der Waals surface area contributed by atoms with Gasteiger partial charge in [0.2, 0.25) is 0 Å². The summed E-state index contributed by atoms with van der Waals surface area (Å²) in [6.45, 7) is 1.93. The molecule has 0 unspecified atom stereocenters. The Morgan fingerprint density at radius 1 is 1.50 bits per heavy atom. The predicted octanol–water partition coefficient (Wildman–Crippen LogP) is 1.44. The van der Waals surface area contributed by atoms with Crippen LogP contribution in [0.3, 0.4) is 0 Å². The molecule has 2 rings (SSSR count). The average Bonchev–Trinajstić information content (AvgIpc) is 2.56. The van der Waals surface area contributed by atoms with Crippen LogP contribution in [0.1, 0.15) is 5.69 Å². The van der Waals surface area contributed by atoms with Crippen molar-refractivity contribution in [1.29, 1.82) is 0 Å². The summed E-state index contributed by atoms with van der Waals surface area (Å²) in [4.78, 5) is 4.09. The summed E-state index contributed by atoms with van der Waals surface area (Å²) in [5, 5.41) is 9.86. The third-order valence-electron chi connectivity index (χ3n) is 1.79. The Balaban J connectivity index is 2.23. The summed E-state index contributed by atoms with van der Waals surface area (Å²) in [6.07, 6.45) is 1.68. The van der Waals surface area contributed by atoms with E-state index >= 15 is 0 Å². The van der Waals surface area contributed by atoms with E-state index in [2.05, 4.69) is 20.5 Å². The van der Waals surface area contributed by atoms with E-state index in [-0.39, 0.29) is 0 Å². The van der Waals surface area contributed by atoms with E-state index in [1.54, 1.807) is 18.3 Å². The first-order chi connectivity index (χ1) is 6.75. The highest BCUT2D eigenvalue weighted by atomic mass is 15.2. The molecule has 4 N–H and O–H groups in total. The molecule has 0 atom stereocenters. The Hall–Kier alpha value is -2.04. The monoisotopic (exact) mass is 189 g/mol. The molecular formula is C9H11N5. The number of nitrogen functional groups attached to an aromatic ring is 1. The fraction of sp³-hybridized carbons (Fsp3) is 0.111. The normalized spacial score (nSPS) is 10.1. The number of nitrogens with zero attached hydrogens (tertiary/aromatic N) is 2. The molecule has 0 aliphatic carbocycles. The summed E-state index contributed by atoms with van der Waals surface area (Å²) in [5.41, 5.74) is 7.30. The van der Waals surface area contributed by atoms with Gasteiger partial charge in [-0.05, 0) is 19.1 Å². The number of hydrogen-bond acceptors (Lipinski definition) is 4. The smallest absolute Gasteiger partial charge is 0.154 e. The highest BCUT2D eigenvalue weighted by molar-refractivity contribution is 5.66. The molecule has 5 heteroatoms. The minimum Gasteiger partial charge on any atom is -0.396 e. The maximum atomic E-state index is 5.71. The van der Waals surface area contributed by atoms with Crippen molar-refractivity contribution in [3.05, 3.63) is 30.1 Å². The molecule has 0 fully saturated rings. The summed E-state index contributed by atoms with van der Waals surface area (Å²) >= 11 is 0. The number of aryl methyl sites for hydroxylation is 1. The van der Waals surface area contributed by atoms with Gasteiger partial charge in [-0.15, -0.1) is 0 Å². The van der Waals surface area contributed by atoms with Gasteiger partial charge < -0.3 is 11.1 Å². The Morgan fingerprint density at radius 3 is 3.00 bits per heavy atom. The number of H-pyrrole nitrogens is 1. The number of pyridine rings is 1. The van der Waals surface area contributed by atoms with Gasteiger partial charge in [0.05, 0.1) is 5.69 Å². The van der Waals surface area contributed by atoms with Crippen molar-refractivity contribution in [3.8, 4) is 0 Å². The number of aromatic amines is 1. The molecule has 14 heavy (non-hydrogen) atoms. The quantitative estimate of drug-likeness (QED) is 0.667. The second-order valence-corrected chi connectivity index (χ2v) is 3.00. The Morgan fingerprint density at radius 2 is 2.36 bits per heavy atom. The van der Waals surface area contributed by atoms with Gasteiger partial charge in [0.25, 0.3) is 0 Å². The molecule has 0 saturated carbocycles. The SMILES string of the molecule is Cc1cc(Nc2ncccc2N)n[nH]1. The summed E-state index contributed by atoms with van der Waals surface area (Å²) in [5.74, 6) is 1.34. The standard InChI is InChI=1S/C9H11N5/c1-6-5-8(14-13-6)12-9-7(10)3-2-4-11-9/h2-5H,10H2,1H3,(H2,11,12,13,14). The molecule has 2 aromatic heterocycles. The molecule has 0 aliphatic rings. The molecule has 0 aromatic carbocycles. The zero-order valence-electron chi connectivity index (χ0n) is 7.78. The van der Waals surface area contributed by atoms with Crippen LogP contribution in [0.4, 0.5) is 17.3 Å². The van der Waals surface area contributed by atoms with Crippen LogP contribution in [-0.2, 0) is 0 Å². The number of rotatable bonds is 2. The Bertz CT molecular complexity index is 434. The van der Waals surface area contributed by atoms with E-state index in [9.17, 15) is 0 Å². The van der Waals surface area contributed by atoms with Crippen molar-refractivity contribution >= 4 is 17.3 Å². The largest absolute Gasteiger partial charge is 0.396 e. The van der Waals surface area contributed by atoms with E-state index in [1.807, 2.05) is 13.0 Å². The Kier molecular flexibility index (Phi) is 2.06. The number of nitrogens with two attached hydrogens (primary N) is 1. The molecule has 5 nitrogen and oxygen atoms in total. The van der Waals surface area contributed by atoms with Gasteiger partial charge in [0, 0.05) is 18.0 Å². The lowest BCUT2D eigenvalue weighted by Gasteiger charge is -2.03. The first kappa shape index (κ1) is 8.55. The molecule has 72 valence electrons. The number of aromatic nitrogens is 3. The van der Waals surface area contributed by atoms with Gasteiger partial charge in [-0.3, -0.25) is 5.10 Å². The van der Waals surface area contributed by atoms with Gasteiger partial charge in [0.15, 0.2) is 11.6 Å². The summed E-state index contributed by atoms with van der Waals surface area (Å²) in [7, 11) is 0. The zero-order chi connectivity index (χ0) is 9.97. The maximum absolute atomic E-state index is 5.71. The van der Waals surface area contributed by atoms with Crippen LogP contribution in [0, 0.1) is 6.92 Å². The molecule has 0 bridgehead atoms. The zero-order valence-corrected chi connectivity index (χ0v) is 7.78. The minimum absolute atomic E-state index is 0.605. The number of nitrogens with one attached hydrogen (secondary N) is 2. The molecule has 0 amide bonds. The van der Waals surface area contributed by atoms with Crippen LogP contribution >= 0.6 is 0 Å². The van der Waals surface area contributed by atoms with Crippen molar-refractivity contribution < 1.29 is 0 Å². The molecule has 0 aliphatic heterocycles. The van der Waals surface area contributed by atoms with Crippen molar-refractivity contribution in [2.75, 3.05) is 11.1 Å². The van der Waals surface area contributed by atoms with Crippen molar-refractivity contribution in [2.24, 2.45) is 0 Å². The predicted molar refractivity (Wildman–Crippen MR) is 55.3 cm³/mol. The van der Waals surface area contributed by atoms with E-state index in [0.29, 0.717) is 17.3 Å². The first-order valence-corrected chi connectivity index (χ1v) is 4.25. The highest BCUT2D eigenvalue weighted by Crippen LogP contribution is 2.18. The molecule has 0 saturated heterocycles. The van der Waals surface area contributed by atoms with Crippen molar-refractivity contribution in [1.82, 2.24) is 15.2 Å². The fourth-order valence-electron chi connectivity index (χ4n) is 1.13. The van der Waals surface area contributed by atoms with E-state index in [0.717, 1.165) is 5.69 Å². The van der Waals surface area contributed by atoms with Gasteiger partial charge in [-0.25, -0.2) is 4.98 Å². The van der Waals surface area contributed by atoms with Crippen LogP contribution in [0.25, 0.3) is 0 Å². The summed E-state index contributed by atoms with van der Waals surface area (Å²) < 4.78 is 0. The van der Waals surface area contributed by atoms with Crippen LogP contribution in [0.5, 0.6) is 0 Å². The third-order valence-corrected chi connectivity index (χ3v) is 1.79. The number of anilines is 3. The fourth-order valence-corrected chi connectivity index (χ4v) is 1.13. The molecule has 2 heterocycles. The average molecular weight is 189 g/mol. The second kappa shape index (κ2) is 3.37. The van der Waals surface area contributed by atoms with Crippen LogP contribution in [-0.4, -0.2) is 15.2 Å². The van der Waals surface area contributed by atoms with E-state index < -0.39 is 0 Å². The van der Waals surface area contributed by atoms with Crippen molar-refractivity contribution in [2.45, 2.75) is 6.92 Å². The van der Waals surface area contributed by atoms with E-state index in [1.165, 1.54) is 0 Å². The van der Waals surface area contributed by atoms with Crippen LogP contribution in [0.15, 0.2) is 24.4 Å². The Labute approximate surface area is 81.4 Å². The van der Waals surface area contributed by atoms with Crippen LogP contribution in [0.2, 0.25) is 0 Å². The van der Waals surface area contributed by atoms with Gasteiger partial charge in [0.1, 0.15) is 0 Å². The van der Waals surface area contributed by atoms with Gasteiger partial charge in [-0.2, -0.15) is 5.10 Å². The lowest BCUT2D eigenvalue weighted by atomic mass is 10.4. The lowest BCUT2D eigenvalue weighted by molar-refractivity contribution is 1.05. The molecular weight excluding hydrogens is 178 g/mol. The van der Waals surface area contributed by atoms with Crippen molar-refractivity contribution in [3.63, 3.8) is 0 Å². The molecule has 2 aromatic rings. The highest BCUT2D eigenvalue weighted by Gasteiger charge is 2.01. The maximum Gasteiger partial charge on any atom is 0.154 e. The third kappa shape index (κ3) is 1.66. The molecule has 0 radical (unpaired) electrons. The first-order valence-electron chi connectivity index (χ1n) is 4.25. The summed E-state index contributed by atoms with van der Waals surface area (Å²) in [6, 6.07) is 5.46. The molecule has 0 spiro atoms. The minimum atomic E-state index is 0.605.